The van der Waals surface area contributed by atoms with Crippen molar-refractivity contribution in [1.82, 2.24) is 0 Å². The Hall–Kier alpha value is -1.35. The Balaban J connectivity index is 1.91. The van der Waals surface area contributed by atoms with Gasteiger partial charge in [0.15, 0.2) is 5.78 Å². The van der Waals surface area contributed by atoms with Gasteiger partial charge >= 0.3 is 0 Å². The van der Waals surface area contributed by atoms with Crippen LogP contribution >= 0.6 is 0 Å². The van der Waals surface area contributed by atoms with E-state index in [1.165, 1.54) is 0 Å². The lowest BCUT2D eigenvalue weighted by molar-refractivity contribution is 0.0545. The molecule has 19 heavy (non-hydrogen) atoms. The highest BCUT2D eigenvalue weighted by atomic mass is 16.5. The standard InChI is InChI=1S/C16H22O3/c1-2-3-10-19-15-6-4-13(5-7-15)16(17)14-8-11-18-12-9-14/h4-7,14H,2-3,8-12H2,1H3. The largest absolute Gasteiger partial charge is 0.494 e. The number of carbonyl (C=O) groups is 1. The Morgan fingerprint density at radius 3 is 2.58 bits per heavy atom. The molecule has 1 aromatic carbocycles. The second-order valence-electron chi connectivity index (χ2n) is 4.98. The Bertz CT molecular complexity index is 391. The zero-order valence-electron chi connectivity index (χ0n) is 11.6. The molecule has 3 heteroatoms. The van der Waals surface area contributed by atoms with Gasteiger partial charge < -0.3 is 9.47 Å². The second kappa shape index (κ2) is 7.29. The van der Waals surface area contributed by atoms with Crippen LogP contribution in [0.3, 0.4) is 0 Å². The van der Waals surface area contributed by atoms with Crippen LogP contribution in [0.4, 0.5) is 0 Å². The minimum Gasteiger partial charge on any atom is -0.494 e. The molecule has 0 aliphatic carbocycles. The van der Waals surface area contributed by atoms with Crippen molar-refractivity contribution < 1.29 is 14.3 Å². The second-order valence-corrected chi connectivity index (χ2v) is 4.98. The predicted octanol–water partition coefficient (Wildman–Crippen LogP) is 3.47. The first-order valence-electron chi connectivity index (χ1n) is 7.16. The predicted molar refractivity (Wildman–Crippen MR) is 74.7 cm³/mol. The Kier molecular flexibility index (Phi) is 5.40. The van der Waals surface area contributed by atoms with Crippen LogP contribution in [0.25, 0.3) is 0 Å². The molecule has 104 valence electrons. The van der Waals surface area contributed by atoms with E-state index in [1.54, 1.807) is 0 Å². The van der Waals surface area contributed by atoms with Gasteiger partial charge in [0.25, 0.3) is 0 Å². The Morgan fingerprint density at radius 2 is 1.95 bits per heavy atom. The minimum atomic E-state index is 0.126. The fraction of sp³-hybridized carbons (Fsp3) is 0.562. The van der Waals surface area contributed by atoms with Crippen LogP contribution in [0.5, 0.6) is 5.75 Å². The molecule has 2 rings (SSSR count). The van der Waals surface area contributed by atoms with Crippen LogP contribution in [0.15, 0.2) is 24.3 Å². The van der Waals surface area contributed by atoms with Crippen LogP contribution in [-0.2, 0) is 4.74 Å². The van der Waals surface area contributed by atoms with Gasteiger partial charge in [0.05, 0.1) is 6.61 Å². The molecule has 0 bridgehead atoms. The van der Waals surface area contributed by atoms with Crippen molar-refractivity contribution in [2.24, 2.45) is 5.92 Å². The molecule has 1 fully saturated rings. The van der Waals surface area contributed by atoms with Crippen molar-refractivity contribution in [3.8, 4) is 5.75 Å². The number of benzene rings is 1. The molecule has 0 atom stereocenters. The van der Waals surface area contributed by atoms with Gasteiger partial charge in [-0.15, -0.1) is 0 Å². The van der Waals surface area contributed by atoms with Crippen molar-refractivity contribution in [3.63, 3.8) is 0 Å². The monoisotopic (exact) mass is 262 g/mol. The zero-order valence-corrected chi connectivity index (χ0v) is 11.6. The van der Waals surface area contributed by atoms with Gasteiger partial charge in [-0.3, -0.25) is 4.79 Å². The molecular formula is C16H22O3. The van der Waals surface area contributed by atoms with Gasteiger partial charge in [0, 0.05) is 24.7 Å². The van der Waals surface area contributed by atoms with E-state index in [4.69, 9.17) is 9.47 Å². The lowest BCUT2D eigenvalue weighted by Crippen LogP contribution is -2.23. The third-order valence-corrected chi connectivity index (χ3v) is 3.50. The molecule has 1 heterocycles. The first-order valence-corrected chi connectivity index (χ1v) is 7.16. The van der Waals surface area contributed by atoms with Gasteiger partial charge in [-0.1, -0.05) is 13.3 Å². The number of carbonyl (C=O) groups excluding carboxylic acids is 1. The van der Waals surface area contributed by atoms with Crippen molar-refractivity contribution in [2.75, 3.05) is 19.8 Å². The molecule has 0 aromatic heterocycles. The highest BCUT2D eigenvalue weighted by molar-refractivity contribution is 5.98. The van der Waals surface area contributed by atoms with Gasteiger partial charge in [-0.2, -0.15) is 0 Å². The van der Waals surface area contributed by atoms with E-state index in [-0.39, 0.29) is 11.7 Å². The molecular weight excluding hydrogens is 240 g/mol. The minimum absolute atomic E-state index is 0.126. The topological polar surface area (TPSA) is 35.5 Å². The summed E-state index contributed by atoms with van der Waals surface area (Å²) in [6.07, 6.45) is 3.87. The average Bonchev–Trinajstić information content (AvgIpc) is 2.48. The SMILES string of the molecule is CCCCOc1ccc(C(=O)C2CCOCC2)cc1. The number of hydrogen-bond acceptors (Lipinski definition) is 3. The third-order valence-electron chi connectivity index (χ3n) is 3.50. The molecule has 0 amide bonds. The molecule has 3 nitrogen and oxygen atoms in total. The quantitative estimate of drug-likeness (QED) is 0.581. The molecule has 0 N–H and O–H groups in total. The van der Waals surface area contributed by atoms with E-state index >= 15 is 0 Å². The lowest BCUT2D eigenvalue weighted by Gasteiger charge is -2.20. The van der Waals surface area contributed by atoms with Crippen molar-refractivity contribution in [1.29, 1.82) is 0 Å². The number of rotatable bonds is 6. The molecule has 0 saturated carbocycles. The van der Waals surface area contributed by atoms with Crippen LogP contribution in [-0.4, -0.2) is 25.6 Å². The number of hydrogen-bond donors (Lipinski definition) is 0. The fourth-order valence-electron chi connectivity index (χ4n) is 2.25. The summed E-state index contributed by atoms with van der Waals surface area (Å²) in [6.45, 7) is 4.28. The summed E-state index contributed by atoms with van der Waals surface area (Å²) in [5.41, 5.74) is 0.787. The van der Waals surface area contributed by atoms with Crippen LogP contribution < -0.4 is 4.74 Å². The maximum absolute atomic E-state index is 12.3. The molecule has 1 saturated heterocycles. The van der Waals surface area contributed by atoms with E-state index < -0.39 is 0 Å². The molecule has 1 aliphatic heterocycles. The highest BCUT2D eigenvalue weighted by Crippen LogP contribution is 2.21. The number of ketones is 1. The van der Waals surface area contributed by atoms with E-state index in [9.17, 15) is 4.79 Å². The molecule has 0 radical (unpaired) electrons. The summed E-state index contributed by atoms with van der Waals surface area (Å²) < 4.78 is 10.9. The van der Waals surface area contributed by atoms with Crippen molar-refractivity contribution in [2.45, 2.75) is 32.6 Å². The van der Waals surface area contributed by atoms with E-state index in [0.29, 0.717) is 13.2 Å². The highest BCUT2D eigenvalue weighted by Gasteiger charge is 2.22. The average molecular weight is 262 g/mol. The van der Waals surface area contributed by atoms with Crippen LogP contribution in [0.2, 0.25) is 0 Å². The maximum Gasteiger partial charge on any atom is 0.166 e. The number of unbranched alkanes of at least 4 members (excludes halogenated alkanes) is 1. The maximum atomic E-state index is 12.3. The zero-order chi connectivity index (χ0) is 13.5. The summed E-state index contributed by atoms with van der Waals surface area (Å²) >= 11 is 0. The van der Waals surface area contributed by atoms with Crippen LogP contribution in [0.1, 0.15) is 43.0 Å². The summed E-state index contributed by atoms with van der Waals surface area (Å²) in [5.74, 6) is 1.21. The van der Waals surface area contributed by atoms with E-state index in [1.807, 2.05) is 24.3 Å². The first kappa shape index (κ1) is 14.1. The Morgan fingerprint density at radius 1 is 1.26 bits per heavy atom. The number of Topliss-reactive ketones (excluding diaryl/α,β-unsaturated/α-hetero) is 1. The van der Waals surface area contributed by atoms with E-state index in [2.05, 4.69) is 6.92 Å². The van der Waals surface area contributed by atoms with Crippen LogP contribution in [0, 0.1) is 5.92 Å². The summed E-state index contributed by atoms with van der Waals surface area (Å²) in [7, 11) is 0. The molecule has 0 spiro atoms. The molecule has 0 unspecified atom stereocenters. The van der Waals surface area contributed by atoms with Crippen molar-refractivity contribution >= 4 is 5.78 Å². The lowest BCUT2D eigenvalue weighted by atomic mass is 9.91. The summed E-state index contributed by atoms with van der Waals surface area (Å²) in [6, 6.07) is 7.53. The smallest absolute Gasteiger partial charge is 0.166 e. The first-order chi connectivity index (χ1) is 9.31. The molecule has 1 aromatic rings. The third kappa shape index (κ3) is 4.06. The Labute approximate surface area is 114 Å². The normalized spacial score (nSPS) is 16.3. The van der Waals surface area contributed by atoms with Gasteiger partial charge in [-0.25, -0.2) is 0 Å². The molecule has 1 aliphatic rings. The number of ether oxygens (including phenoxy) is 2. The fourth-order valence-corrected chi connectivity index (χ4v) is 2.25. The van der Waals surface area contributed by atoms with E-state index in [0.717, 1.165) is 43.6 Å². The van der Waals surface area contributed by atoms with Crippen molar-refractivity contribution in [3.05, 3.63) is 29.8 Å². The van der Waals surface area contributed by atoms with Gasteiger partial charge in [-0.05, 0) is 43.5 Å². The summed E-state index contributed by atoms with van der Waals surface area (Å²) in [5, 5.41) is 0. The van der Waals surface area contributed by atoms with Gasteiger partial charge in [0.2, 0.25) is 0 Å². The summed E-state index contributed by atoms with van der Waals surface area (Å²) in [4.78, 5) is 12.3. The van der Waals surface area contributed by atoms with Gasteiger partial charge in [0.1, 0.15) is 5.75 Å².